The van der Waals surface area contributed by atoms with Crippen molar-refractivity contribution in [2.24, 2.45) is 0 Å². The Balaban J connectivity index is 1.62. The molecule has 2 heterocycles. The van der Waals surface area contributed by atoms with Gasteiger partial charge in [-0.15, -0.1) is 0 Å². The maximum Gasteiger partial charge on any atom is 0.143 e. The summed E-state index contributed by atoms with van der Waals surface area (Å²) in [6, 6.07) is 39.9. The van der Waals surface area contributed by atoms with E-state index in [1.165, 1.54) is 43.6 Å². The molecule has 0 N–H and O–H groups in total. The maximum atomic E-state index is 7.20. The van der Waals surface area contributed by atoms with Crippen molar-refractivity contribution in [3.8, 4) is 22.4 Å². The highest BCUT2D eigenvalue weighted by atomic mass is 16.3. The molecule has 2 aromatic heterocycles. The van der Waals surface area contributed by atoms with E-state index in [0.717, 1.165) is 49.8 Å². The fourth-order valence-electron chi connectivity index (χ4n) is 7.45. The lowest BCUT2D eigenvalue weighted by Crippen LogP contribution is -2.16. The van der Waals surface area contributed by atoms with E-state index in [9.17, 15) is 0 Å². The molecule has 0 atom stereocenters. The molecule has 0 radical (unpaired) electrons. The SMILES string of the molecule is CC(C)(C)c1cc(-c2cc(-c3ccccc3)nc3c4ccccc4c4ccccc4c23)c2oc3c(C(C)(C)C)cc(C(C)(C)C)cc3c2c1. The molecular weight excluding hydrogens is 595 g/mol. The van der Waals surface area contributed by atoms with Gasteiger partial charge in [-0.05, 0) is 73.4 Å². The molecule has 0 saturated carbocycles. The molecule has 0 bridgehead atoms. The molecule has 8 aromatic rings. The van der Waals surface area contributed by atoms with E-state index in [4.69, 9.17) is 9.40 Å². The average molecular weight is 640 g/mol. The number of rotatable bonds is 2. The van der Waals surface area contributed by atoms with Crippen LogP contribution in [0.5, 0.6) is 0 Å². The van der Waals surface area contributed by atoms with Gasteiger partial charge in [0.15, 0.2) is 0 Å². The van der Waals surface area contributed by atoms with Gasteiger partial charge in [-0.1, -0.05) is 147 Å². The summed E-state index contributed by atoms with van der Waals surface area (Å²) < 4.78 is 7.20. The Morgan fingerprint density at radius 1 is 0.449 bits per heavy atom. The summed E-state index contributed by atoms with van der Waals surface area (Å²) in [6.07, 6.45) is 0. The zero-order valence-corrected chi connectivity index (χ0v) is 30.2. The van der Waals surface area contributed by atoms with Crippen LogP contribution in [0.3, 0.4) is 0 Å². The van der Waals surface area contributed by atoms with E-state index >= 15 is 0 Å². The van der Waals surface area contributed by atoms with Gasteiger partial charge >= 0.3 is 0 Å². The molecule has 244 valence electrons. The molecular formula is C47H45NO. The lowest BCUT2D eigenvalue weighted by Gasteiger charge is -2.25. The lowest BCUT2D eigenvalue weighted by molar-refractivity contribution is 0.559. The van der Waals surface area contributed by atoms with E-state index in [1.807, 2.05) is 0 Å². The Labute approximate surface area is 289 Å². The zero-order valence-electron chi connectivity index (χ0n) is 30.2. The Morgan fingerprint density at radius 3 is 1.59 bits per heavy atom. The number of benzene rings is 6. The lowest BCUT2D eigenvalue weighted by atomic mass is 9.79. The molecule has 49 heavy (non-hydrogen) atoms. The van der Waals surface area contributed by atoms with Gasteiger partial charge in [-0.3, -0.25) is 0 Å². The number of hydrogen-bond donors (Lipinski definition) is 0. The average Bonchev–Trinajstić information content (AvgIpc) is 3.45. The second kappa shape index (κ2) is 10.8. The monoisotopic (exact) mass is 639 g/mol. The normalized spacial score (nSPS) is 13.0. The van der Waals surface area contributed by atoms with E-state index in [-0.39, 0.29) is 16.2 Å². The first-order valence-electron chi connectivity index (χ1n) is 17.6. The summed E-state index contributed by atoms with van der Waals surface area (Å²) in [7, 11) is 0. The molecule has 0 aliphatic heterocycles. The van der Waals surface area contributed by atoms with E-state index in [1.54, 1.807) is 0 Å². The maximum absolute atomic E-state index is 7.20. The van der Waals surface area contributed by atoms with Crippen LogP contribution >= 0.6 is 0 Å². The molecule has 0 unspecified atom stereocenters. The van der Waals surface area contributed by atoms with Crippen LogP contribution in [-0.2, 0) is 16.2 Å². The molecule has 0 fully saturated rings. The number of hydrogen-bond acceptors (Lipinski definition) is 2. The van der Waals surface area contributed by atoms with Crippen LogP contribution in [0.1, 0.15) is 79.0 Å². The van der Waals surface area contributed by atoms with Gasteiger partial charge < -0.3 is 4.42 Å². The van der Waals surface area contributed by atoms with Crippen LogP contribution in [-0.4, -0.2) is 4.98 Å². The molecule has 8 rings (SSSR count). The number of nitrogens with zero attached hydrogens (tertiary/aromatic N) is 1. The Bertz CT molecular complexity index is 2580. The second-order valence-electron chi connectivity index (χ2n) is 16.9. The number of furan rings is 1. The van der Waals surface area contributed by atoms with Crippen molar-refractivity contribution < 1.29 is 4.42 Å². The Hall–Kier alpha value is -4.95. The predicted octanol–water partition coefficient (Wildman–Crippen LogP) is 13.7. The van der Waals surface area contributed by atoms with Gasteiger partial charge in [0.25, 0.3) is 0 Å². The van der Waals surface area contributed by atoms with Crippen LogP contribution in [0.4, 0.5) is 0 Å². The quantitative estimate of drug-likeness (QED) is 0.176. The Kier molecular flexibility index (Phi) is 6.89. The number of fused-ring (bicyclic) bond motifs is 9. The van der Waals surface area contributed by atoms with Crippen LogP contribution in [0.15, 0.2) is 114 Å². The van der Waals surface area contributed by atoms with Crippen molar-refractivity contribution in [2.45, 2.75) is 78.6 Å². The van der Waals surface area contributed by atoms with Crippen molar-refractivity contribution in [2.75, 3.05) is 0 Å². The van der Waals surface area contributed by atoms with Gasteiger partial charge in [-0.25, -0.2) is 4.98 Å². The molecule has 0 aliphatic carbocycles. The van der Waals surface area contributed by atoms with Crippen LogP contribution in [0.25, 0.3) is 76.8 Å². The molecule has 0 aliphatic rings. The third-order valence-electron chi connectivity index (χ3n) is 10.3. The Morgan fingerprint density at radius 2 is 0.980 bits per heavy atom. The topological polar surface area (TPSA) is 26.0 Å². The first-order valence-corrected chi connectivity index (χ1v) is 17.6. The standard InChI is InChI=1S/C47H45NO/c1-45(2,3)29-23-36(43-37(24-29)38-25-30(46(4,5)6)26-39(44(38)49-43)47(7,8)9)35-27-40(28-17-11-10-12-18-28)48-42-34-22-16-14-20-32(34)31-19-13-15-21-33(31)41(35)42/h10-27H,1-9H3. The molecule has 6 aromatic carbocycles. The molecule has 0 amide bonds. The molecule has 0 saturated heterocycles. The summed E-state index contributed by atoms with van der Waals surface area (Å²) in [6.45, 7) is 20.7. The first kappa shape index (κ1) is 31.3. The van der Waals surface area contributed by atoms with Gasteiger partial charge in [0.2, 0.25) is 0 Å². The summed E-state index contributed by atoms with van der Waals surface area (Å²) in [5.74, 6) is 0. The zero-order chi connectivity index (χ0) is 34.5. The summed E-state index contributed by atoms with van der Waals surface area (Å²) in [4.78, 5) is 5.46. The number of aromatic nitrogens is 1. The highest BCUT2D eigenvalue weighted by Crippen LogP contribution is 2.48. The van der Waals surface area contributed by atoms with Crippen LogP contribution < -0.4 is 0 Å². The third-order valence-corrected chi connectivity index (χ3v) is 10.3. The van der Waals surface area contributed by atoms with Crippen LogP contribution in [0.2, 0.25) is 0 Å². The van der Waals surface area contributed by atoms with Gasteiger partial charge in [0.05, 0.1) is 11.2 Å². The fourth-order valence-corrected chi connectivity index (χ4v) is 7.45. The fraction of sp³-hybridized carbons (Fsp3) is 0.255. The minimum Gasteiger partial charge on any atom is -0.455 e. The van der Waals surface area contributed by atoms with Gasteiger partial charge in [-0.2, -0.15) is 0 Å². The molecule has 0 spiro atoms. The first-order chi connectivity index (χ1) is 23.2. The highest BCUT2D eigenvalue weighted by Gasteiger charge is 2.28. The van der Waals surface area contributed by atoms with Crippen molar-refractivity contribution in [3.05, 3.63) is 126 Å². The van der Waals surface area contributed by atoms with Crippen LogP contribution in [0, 0.1) is 0 Å². The third kappa shape index (κ3) is 5.12. The smallest absolute Gasteiger partial charge is 0.143 e. The minimum atomic E-state index is -0.0979. The molecule has 2 heteroatoms. The van der Waals surface area contributed by atoms with Crippen molar-refractivity contribution in [1.29, 1.82) is 0 Å². The van der Waals surface area contributed by atoms with E-state index in [0.29, 0.717) is 0 Å². The predicted molar refractivity (Wildman–Crippen MR) is 211 cm³/mol. The largest absolute Gasteiger partial charge is 0.455 e. The van der Waals surface area contributed by atoms with Crippen molar-refractivity contribution in [3.63, 3.8) is 0 Å². The summed E-state index contributed by atoms with van der Waals surface area (Å²) in [5, 5.41) is 8.34. The minimum absolute atomic E-state index is 0.00584. The van der Waals surface area contributed by atoms with Crippen molar-refractivity contribution >= 4 is 54.4 Å². The second-order valence-corrected chi connectivity index (χ2v) is 16.9. The van der Waals surface area contributed by atoms with E-state index in [2.05, 4.69) is 172 Å². The van der Waals surface area contributed by atoms with Gasteiger partial charge in [0.1, 0.15) is 11.2 Å². The van der Waals surface area contributed by atoms with Crippen molar-refractivity contribution in [1.82, 2.24) is 4.98 Å². The summed E-state index contributed by atoms with van der Waals surface area (Å²) >= 11 is 0. The molecule has 2 nitrogen and oxygen atoms in total. The summed E-state index contributed by atoms with van der Waals surface area (Å²) in [5.41, 5.74) is 10.9. The van der Waals surface area contributed by atoms with E-state index < -0.39 is 0 Å². The van der Waals surface area contributed by atoms with Gasteiger partial charge in [0, 0.05) is 38.2 Å². The highest BCUT2D eigenvalue weighted by molar-refractivity contribution is 6.28. The number of pyridine rings is 1.